The molecule has 3 N–H and O–H groups in total. The van der Waals surface area contributed by atoms with E-state index in [2.05, 4.69) is 20.9 Å². The number of likely N-dealkylation sites (tertiary alicyclic amines) is 1. The summed E-state index contributed by atoms with van der Waals surface area (Å²) < 4.78 is 12.9. The van der Waals surface area contributed by atoms with Crippen molar-refractivity contribution in [2.75, 3.05) is 39.3 Å². The van der Waals surface area contributed by atoms with E-state index in [9.17, 15) is 14.0 Å². The molecule has 2 rings (SSSR count). The molecular formula is C19H29FIN5O2. The van der Waals surface area contributed by atoms with Gasteiger partial charge in [0.15, 0.2) is 5.96 Å². The van der Waals surface area contributed by atoms with Gasteiger partial charge in [-0.1, -0.05) is 12.1 Å². The van der Waals surface area contributed by atoms with Gasteiger partial charge in [-0.25, -0.2) is 9.38 Å². The van der Waals surface area contributed by atoms with E-state index in [1.54, 1.807) is 12.1 Å². The third-order valence-electron chi connectivity index (χ3n) is 4.19. The quantitative estimate of drug-likeness (QED) is 0.215. The Hall–Kier alpha value is -1.91. The minimum Gasteiger partial charge on any atom is -0.357 e. The zero-order valence-electron chi connectivity index (χ0n) is 16.2. The van der Waals surface area contributed by atoms with E-state index in [0.717, 1.165) is 31.5 Å². The van der Waals surface area contributed by atoms with E-state index in [0.29, 0.717) is 25.6 Å². The Balaban J connectivity index is 0.00000392. The van der Waals surface area contributed by atoms with Gasteiger partial charge in [0.05, 0.1) is 6.42 Å². The number of benzene rings is 1. The number of aliphatic imine (C=N–C) groups is 1. The topological polar surface area (TPSA) is 85.8 Å². The number of amides is 2. The first kappa shape index (κ1) is 24.1. The molecule has 1 heterocycles. The zero-order chi connectivity index (χ0) is 19.5. The lowest BCUT2D eigenvalue weighted by molar-refractivity contribution is -0.128. The minimum atomic E-state index is -0.318. The molecular weight excluding hydrogens is 476 g/mol. The lowest BCUT2D eigenvalue weighted by Gasteiger charge is -2.15. The number of nitrogens with zero attached hydrogens (tertiary/aromatic N) is 2. The highest BCUT2D eigenvalue weighted by atomic mass is 127. The molecule has 0 spiro atoms. The highest BCUT2D eigenvalue weighted by Crippen LogP contribution is 2.07. The average Bonchev–Trinajstić information content (AvgIpc) is 3.19. The standard InChI is InChI=1S/C19H28FN5O2.HI/c1-2-21-19(24-14-18(27)25-11-3-4-12-25)23-10-9-22-17(26)13-15-5-7-16(20)8-6-15;/h5-8H,2-4,9-14H2,1H3,(H,22,26)(H2,21,23,24);1H. The number of guanidine groups is 1. The predicted octanol–water partition coefficient (Wildman–Crippen LogP) is 1.28. The molecule has 1 aromatic rings. The molecule has 0 aromatic heterocycles. The van der Waals surface area contributed by atoms with Gasteiger partial charge in [-0.2, -0.15) is 0 Å². The maximum absolute atomic E-state index is 12.9. The molecule has 1 aromatic carbocycles. The minimum absolute atomic E-state index is 0. The van der Waals surface area contributed by atoms with Crippen LogP contribution in [0.5, 0.6) is 0 Å². The molecule has 2 amide bonds. The van der Waals surface area contributed by atoms with Crippen molar-refractivity contribution in [3.8, 4) is 0 Å². The summed E-state index contributed by atoms with van der Waals surface area (Å²) in [6, 6.07) is 5.88. The summed E-state index contributed by atoms with van der Waals surface area (Å²) in [5.41, 5.74) is 0.761. The smallest absolute Gasteiger partial charge is 0.244 e. The molecule has 0 saturated carbocycles. The molecule has 0 radical (unpaired) electrons. The first-order chi connectivity index (χ1) is 13.1. The molecule has 28 heavy (non-hydrogen) atoms. The van der Waals surface area contributed by atoms with Crippen LogP contribution in [0.4, 0.5) is 4.39 Å². The second-order valence-corrected chi connectivity index (χ2v) is 6.36. The first-order valence-electron chi connectivity index (χ1n) is 9.39. The molecule has 0 aliphatic carbocycles. The Morgan fingerprint density at radius 1 is 1.07 bits per heavy atom. The first-order valence-corrected chi connectivity index (χ1v) is 9.39. The van der Waals surface area contributed by atoms with Crippen molar-refractivity contribution in [1.29, 1.82) is 0 Å². The van der Waals surface area contributed by atoms with Gasteiger partial charge >= 0.3 is 0 Å². The lowest BCUT2D eigenvalue weighted by Crippen LogP contribution is -2.42. The van der Waals surface area contributed by atoms with Crippen LogP contribution in [0.25, 0.3) is 0 Å². The maximum Gasteiger partial charge on any atom is 0.244 e. The third kappa shape index (κ3) is 8.85. The molecule has 1 aliphatic rings. The summed E-state index contributed by atoms with van der Waals surface area (Å²) in [5, 5.41) is 8.98. The molecule has 0 unspecified atom stereocenters. The fourth-order valence-electron chi connectivity index (χ4n) is 2.79. The van der Waals surface area contributed by atoms with Crippen LogP contribution in [-0.2, 0) is 16.0 Å². The summed E-state index contributed by atoms with van der Waals surface area (Å²) in [6.45, 7) is 5.29. The van der Waals surface area contributed by atoms with Gasteiger partial charge in [-0.3, -0.25) is 9.59 Å². The van der Waals surface area contributed by atoms with Gasteiger partial charge < -0.3 is 20.9 Å². The fraction of sp³-hybridized carbons (Fsp3) is 0.526. The maximum atomic E-state index is 12.9. The summed E-state index contributed by atoms with van der Waals surface area (Å²) in [6.07, 6.45) is 2.33. The Kier molecular flexibility index (Phi) is 11.5. The summed E-state index contributed by atoms with van der Waals surface area (Å²) in [4.78, 5) is 30.1. The predicted molar refractivity (Wildman–Crippen MR) is 118 cm³/mol. The number of nitrogens with one attached hydrogen (secondary N) is 3. The summed E-state index contributed by atoms with van der Waals surface area (Å²) in [7, 11) is 0. The number of hydrogen-bond acceptors (Lipinski definition) is 3. The van der Waals surface area contributed by atoms with Gasteiger partial charge in [-0.05, 0) is 37.5 Å². The van der Waals surface area contributed by atoms with Crippen LogP contribution in [0.2, 0.25) is 0 Å². The van der Waals surface area contributed by atoms with Crippen LogP contribution in [0, 0.1) is 5.82 Å². The van der Waals surface area contributed by atoms with Gasteiger partial charge in [0, 0.05) is 32.7 Å². The van der Waals surface area contributed by atoms with E-state index in [-0.39, 0.29) is 54.6 Å². The van der Waals surface area contributed by atoms with Crippen molar-refractivity contribution in [3.63, 3.8) is 0 Å². The molecule has 9 heteroatoms. The van der Waals surface area contributed by atoms with E-state index in [1.807, 2.05) is 11.8 Å². The highest BCUT2D eigenvalue weighted by molar-refractivity contribution is 14.0. The van der Waals surface area contributed by atoms with Crippen LogP contribution in [0.15, 0.2) is 29.3 Å². The second-order valence-electron chi connectivity index (χ2n) is 6.36. The number of rotatable bonds is 8. The fourth-order valence-corrected chi connectivity index (χ4v) is 2.79. The molecule has 0 bridgehead atoms. The van der Waals surface area contributed by atoms with Crippen LogP contribution >= 0.6 is 24.0 Å². The number of hydrogen-bond donors (Lipinski definition) is 3. The van der Waals surface area contributed by atoms with Crippen molar-refractivity contribution in [2.45, 2.75) is 26.2 Å². The largest absolute Gasteiger partial charge is 0.357 e. The molecule has 1 saturated heterocycles. The van der Waals surface area contributed by atoms with Crippen LogP contribution < -0.4 is 16.0 Å². The SMILES string of the molecule is CCNC(=NCC(=O)N1CCCC1)NCCNC(=O)Cc1ccc(F)cc1.I. The van der Waals surface area contributed by atoms with E-state index >= 15 is 0 Å². The monoisotopic (exact) mass is 505 g/mol. The van der Waals surface area contributed by atoms with Crippen molar-refractivity contribution in [1.82, 2.24) is 20.9 Å². The van der Waals surface area contributed by atoms with Gasteiger partial charge in [0.1, 0.15) is 12.4 Å². The van der Waals surface area contributed by atoms with Crippen molar-refractivity contribution < 1.29 is 14.0 Å². The van der Waals surface area contributed by atoms with Crippen LogP contribution in [-0.4, -0.2) is 61.9 Å². The van der Waals surface area contributed by atoms with Crippen molar-refractivity contribution in [2.24, 2.45) is 4.99 Å². The van der Waals surface area contributed by atoms with Crippen LogP contribution in [0.1, 0.15) is 25.3 Å². The Morgan fingerprint density at radius 2 is 1.71 bits per heavy atom. The summed E-state index contributed by atoms with van der Waals surface area (Å²) in [5.74, 6) is 0.145. The summed E-state index contributed by atoms with van der Waals surface area (Å²) >= 11 is 0. The molecule has 0 atom stereocenters. The van der Waals surface area contributed by atoms with E-state index in [4.69, 9.17) is 0 Å². The average molecular weight is 505 g/mol. The molecule has 7 nitrogen and oxygen atoms in total. The molecule has 1 fully saturated rings. The highest BCUT2D eigenvalue weighted by Gasteiger charge is 2.17. The Bertz CT molecular complexity index is 648. The third-order valence-corrected chi connectivity index (χ3v) is 4.19. The number of carbonyl (C=O) groups is 2. The normalized spacial score (nSPS) is 13.6. The van der Waals surface area contributed by atoms with Gasteiger partial charge in [-0.15, -0.1) is 24.0 Å². The van der Waals surface area contributed by atoms with E-state index < -0.39 is 0 Å². The van der Waals surface area contributed by atoms with E-state index in [1.165, 1.54) is 12.1 Å². The second kappa shape index (κ2) is 13.3. The number of halogens is 2. The zero-order valence-corrected chi connectivity index (χ0v) is 18.5. The Labute approximate surface area is 182 Å². The van der Waals surface area contributed by atoms with Gasteiger partial charge in [0.2, 0.25) is 11.8 Å². The molecule has 1 aliphatic heterocycles. The van der Waals surface area contributed by atoms with Crippen LogP contribution in [0.3, 0.4) is 0 Å². The van der Waals surface area contributed by atoms with Crippen molar-refractivity contribution in [3.05, 3.63) is 35.6 Å². The van der Waals surface area contributed by atoms with Crippen molar-refractivity contribution >= 4 is 41.8 Å². The lowest BCUT2D eigenvalue weighted by atomic mass is 10.1. The number of carbonyl (C=O) groups excluding carboxylic acids is 2. The molecule has 156 valence electrons. The van der Waals surface area contributed by atoms with Gasteiger partial charge in [0.25, 0.3) is 0 Å². The Morgan fingerprint density at radius 3 is 2.36 bits per heavy atom.